The number of nitro groups is 1. The van der Waals surface area contributed by atoms with Gasteiger partial charge in [0.2, 0.25) is 10.0 Å². The summed E-state index contributed by atoms with van der Waals surface area (Å²) in [5.41, 5.74) is 0.253. The normalized spacial score (nSPS) is 11.3. The Morgan fingerprint density at radius 3 is 2.64 bits per heavy atom. The lowest BCUT2D eigenvalue weighted by molar-refractivity contribution is -0.387. The standard InChI is InChI=1S/C17H18N2O5S/c1-3-11-24-15-8-6-7-14(12-15)13-18(2)25(22,23)17-10-5-4-9-16(17)19(20)21/h3-10,12H,1,11,13H2,2H3. The SMILES string of the molecule is C=CCOc1cccc(CN(C)S(=O)(=O)c2ccccc2[N+](=O)[O-])c1. The van der Waals surface area contributed by atoms with Gasteiger partial charge in [0, 0.05) is 19.7 Å². The summed E-state index contributed by atoms with van der Waals surface area (Å²) in [6, 6.07) is 12.3. The first kappa shape index (κ1) is 18.6. The Morgan fingerprint density at radius 1 is 1.24 bits per heavy atom. The lowest BCUT2D eigenvalue weighted by Gasteiger charge is -2.17. The summed E-state index contributed by atoms with van der Waals surface area (Å²) in [7, 11) is -2.63. The molecule has 25 heavy (non-hydrogen) atoms. The highest BCUT2D eigenvalue weighted by atomic mass is 32.2. The molecule has 0 aliphatic rings. The second-order valence-corrected chi connectivity index (χ2v) is 7.25. The molecule has 132 valence electrons. The molecule has 0 amide bonds. The van der Waals surface area contributed by atoms with Crippen LogP contribution < -0.4 is 4.74 Å². The van der Waals surface area contributed by atoms with Crippen LogP contribution in [0.15, 0.2) is 66.1 Å². The van der Waals surface area contributed by atoms with Crippen molar-refractivity contribution in [1.82, 2.24) is 4.31 Å². The van der Waals surface area contributed by atoms with Crippen LogP contribution in [0.5, 0.6) is 5.75 Å². The van der Waals surface area contributed by atoms with Crippen LogP contribution >= 0.6 is 0 Å². The first-order valence-electron chi connectivity index (χ1n) is 7.38. The van der Waals surface area contributed by atoms with E-state index in [1.807, 2.05) is 0 Å². The molecule has 2 aromatic carbocycles. The number of para-hydroxylation sites is 1. The molecule has 0 aliphatic heterocycles. The van der Waals surface area contributed by atoms with E-state index in [2.05, 4.69) is 6.58 Å². The molecule has 0 aromatic heterocycles. The van der Waals surface area contributed by atoms with Gasteiger partial charge in [-0.05, 0) is 23.8 Å². The average molecular weight is 362 g/mol. The van der Waals surface area contributed by atoms with E-state index in [0.717, 1.165) is 4.31 Å². The van der Waals surface area contributed by atoms with Crippen LogP contribution in [0.4, 0.5) is 5.69 Å². The minimum atomic E-state index is -4.01. The highest BCUT2D eigenvalue weighted by Crippen LogP contribution is 2.26. The molecule has 2 rings (SSSR count). The summed E-state index contributed by atoms with van der Waals surface area (Å²) in [6.07, 6.45) is 1.61. The van der Waals surface area contributed by atoms with Crippen molar-refractivity contribution >= 4 is 15.7 Å². The van der Waals surface area contributed by atoms with Crippen LogP contribution in [0.2, 0.25) is 0 Å². The Labute approximate surface area is 146 Å². The number of nitrogens with zero attached hydrogens (tertiary/aromatic N) is 2. The first-order chi connectivity index (χ1) is 11.9. The molecule has 0 fully saturated rings. The van der Waals surface area contributed by atoms with Crippen LogP contribution in [-0.2, 0) is 16.6 Å². The molecule has 0 heterocycles. The van der Waals surface area contributed by atoms with Gasteiger partial charge in [-0.2, -0.15) is 4.31 Å². The molecule has 0 atom stereocenters. The van der Waals surface area contributed by atoms with Crippen LogP contribution in [0.3, 0.4) is 0 Å². The van der Waals surface area contributed by atoms with E-state index >= 15 is 0 Å². The molecule has 0 radical (unpaired) electrons. The van der Waals surface area contributed by atoms with E-state index < -0.39 is 20.6 Å². The summed E-state index contributed by atoms with van der Waals surface area (Å²) in [5.74, 6) is 0.592. The van der Waals surface area contributed by atoms with Crippen molar-refractivity contribution in [2.75, 3.05) is 13.7 Å². The van der Waals surface area contributed by atoms with Gasteiger partial charge in [-0.25, -0.2) is 8.42 Å². The Hall–Kier alpha value is -2.71. The minimum absolute atomic E-state index is 0.0552. The van der Waals surface area contributed by atoms with Gasteiger partial charge in [-0.15, -0.1) is 0 Å². The summed E-state index contributed by atoms with van der Waals surface area (Å²) in [5, 5.41) is 11.1. The van der Waals surface area contributed by atoms with Crippen molar-refractivity contribution in [2.45, 2.75) is 11.4 Å². The summed E-state index contributed by atoms with van der Waals surface area (Å²) >= 11 is 0. The molecule has 7 nitrogen and oxygen atoms in total. The fourth-order valence-electron chi connectivity index (χ4n) is 2.22. The number of hydrogen-bond acceptors (Lipinski definition) is 5. The van der Waals surface area contributed by atoms with Crippen molar-refractivity contribution in [2.24, 2.45) is 0 Å². The largest absolute Gasteiger partial charge is 0.490 e. The lowest BCUT2D eigenvalue weighted by Crippen LogP contribution is -2.27. The highest BCUT2D eigenvalue weighted by Gasteiger charge is 2.29. The molecule has 0 aliphatic carbocycles. The molecule has 0 bridgehead atoms. The fourth-order valence-corrected chi connectivity index (χ4v) is 3.54. The predicted molar refractivity (Wildman–Crippen MR) is 93.9 cm³/mol. The number of nitro benzene ring substituents is 1. The van der Waals surface area contributed by atoms with E-state index in [0.29, 0.717) is 17.9 Å². The lowest BCUT2D eigenvalue weighted by atomic mass is 10.2. The zero-order valence-electron chi connectivity index (χ0n) is 13.7. The van der Waals surface area contributed by atoms with E-state index in [4.69, 9.17) is 4.74 Å². The Bertz CT molecular complexity index is 880. The Kier molecular flexibility index (Phi) is 5.89. The average Bonchev–Trinajstić information content (AvgIpc) is 2.60. The van der Waals surface area contributed by atoms with E-state index in [9.17, 15) is 18.5 Å². The topological polar surface area (TPSA) is 89.8 Å². The number of sulfonamides is 1. The van der Waals surface area contributed by atoms with Gasteiger partial charge in [0.05, 0.1) is 4.92 Å². The minimum Gasteiger partial charge on any atom is -0.490 e. The predicted octanol–water partition coefficient (Wildman–Crippen LogP) is 2.98. The maximum Gasteiger partial charge on any atom is 0.289 e. The molecule has 8 heteroatoms. The van der Waals surface area contributed by atoms with Crippen molar-refractivity contribution in [1.29, 1.82) is 0 Å². The molecular formula is C17H18N2O5S. The third kappa shape index (κ3) is 4.43. The van der Waals surface area contributed by atoms with Gasteiger partial charge in [0.15, 0.2) is 4.90 Å². The van der Waals surface area contributed by atoms with Gasteiger partial charge in [-0.1, -0.05) is 36.9 Å². The second-order valence-electron chi connectivity index (χ2n) is 5.23. The number of benzene rings is 2. The third-order valence-corrected chi connectivity index (χ3v) is 5.27. The van der Waals surface area contributed by atoms with Crippen molar-refractivity contribution in [3.8, 4) is 5.75 Å². The van der Waals surface area contributed by atoms with E-state index in [1.165, 1.54) is 31.3 Å². The smallest absolute Gasteiger partial charge is 0.289 e. The second kappa shape index (κ2) is 7.91. The van der Waals surface area contributed by atoms with Gasteiger partial charge < -0.3 is 4.74 Å². The molecular weight excluding hydrogens is 344 g/mol. The number of hydrogen-bond donors (Lipinski definition) is 0. The molecule has 0 N–H and O–H groups in total. The molecule has 2 aromatic rings. The quantitative estimate of drug-likeness (QED) is 0.409. The van der Waals surface area contributed by atoms with Gasteiger partial charge in [0.25, 0.3) is 5.69 Å². The zero-order valence-corrected chi connectivity index (χ0v) is 14.5. The molecule has 0 saturated heterocycles. The summed E-state index contributed by atoms with van der Waals surface area (Å²) < 4.78 is 31.9. The Balaban J connectivity index is 2.27. The van der Waals surface area contributed by atoms with Crippen LogP contribution in [0.1, 0.15) is 5.56 Å². The number of rotatable bonds is 8. The molecule has 0 unspecified atom stereocenters. The highest BCUT2D eigenvalue weighted by molar-refractivity contribution is 7.89. The van der Waals surface area contributed by atoms with Gasteiger partial charge in [-0.3, -0.25) is 10.1 Å². The summed E-state index contributed by atoms with van der Waals surface area (Å²) in [4.78, 5) is 10.1. The maximum absolute atomic E-state index is 12.7. The summed E-state index contributed by atoms with van der Waals surface area (Å²) in [6.45, 7) is 3.96. The van der Waals surface area contributed by atoms with Crippen LogP contribution in [-0.4, -0.2) is 31.3 Å². The monoisotopic (exact) mass is 362 g/mol. The fraction of sp³-hybridized carbons (Fsp3) is 0.176. The van der Waals surface area contributed by atoms with Crippen LogP contribution in [0.25, 0.3) is 0 Å². The van der Waals surface area contributed by atoms with Crippen LogP contribution in [0, 0.1) is 10.1 Å². The third-order valence-electron chi connectivity index (χ3n) is 3.42. The first-order valence-corrected chi connectivity index (χ1v) is 8.82. The molecule has 0 saturated carbocycles. The maximum atomic E-state index is 12.7. The Morgan fingerprint density at radius 2 is 1.96 bits per heavy atom. The zero-order chi connectivity index (χ0) is 18.4. The van der Waals surface area contributed by atoms with Crippen molar-refractivity contribution in [3.05, 3.63) is 76.9 Å². The number of ether oxygens (including phenoxy) is 1. The van der Waals surface area contributed by atoms with E-state index in [-0.39, 0.29) is 11.4 Å². The van der Waals surface area contributed by atoms with Gasteiger partial charge in [0.1, 0.15) is 12.4 Å². The molecule has 0 spiro atoms. The van der Waals surface area contributed by atoms with Crippen molar-refractivity contribution in [3.63, 3.8) is 0 Å². The van der Waals surface area contributed by atoms with Crippen molar-refractivity contribution < 1.29 is 18.1 Å². The van der Waals surface area contributed by atoms with E-state index in [1.54, 1.807) is 30.3 Å². The van der Waals surface area contributed by atoms with Gasteiger partial charge >= 0.3 is 0 Å².